The number of fused-ring (bicyclic) bond motifs is 1. The quantitative estimate of drug-likeness (QED) is 0.242. The second-order valence-electron chi connectivity index (χ2n) is 5.87. The smallest absolute Gasteiger partial charge is 0.311 e. The normalized spacial score (nSPS) is 11.0. The number of H-pyrrole nitrogens is 2. The minimum Gasteiger partial charge on any atom is -0.487 e. The van der Waals surface area contributed by atoms with E-state index in [0.29, 0.717) is 28.0 Å². The van der Waals surface area contributed by atoms with Crippen LogP contribution in [0.25, 0.3) is 11.0 Å². The van der Waals surface area contributed by atoms with Crippen molar-refractivity contribution in [1.82, 2.24) is 15.4 Å². The molecule has 0 saturated heterocycles. The number of aromatic amines is 2. The number of nitro benzene ring substituents is 1. The standard InChI is InChI=1S/C18H17N5O4S/c1-2-7-27-16-6-3-11(8-15(16)23(25)26)10-19-22-17(24)12-4-5-13-14(9-12)21-18(28)20-13/h3-6,8-10H,2,7H2,1H3,(H,22,24)(H2,20,21,28)/b19-10-. The first-order valence-electron chi connectivity index (χ1n) is 8.44. The molecule has 10 heteroatoms. The van der Waals surface area contributed by atoms with Gasteiger partial charge in [0.15, 0.2) is 10.5 Å². The van der Waals surface area contributed by atoms with Crippen molar-refractivity contribution in [3.05, 3.63) is 62.4 Å². The second kappa shape index (κ2) is 8.44. The highest BCUT2D eigenvalue weighted by atomic mass is 32.1. The zero-order chi connectivity index (χ0) is 20.1. The van der Waals surface area contributed by atoms with Crippen molar-refractivity contribution in [2.75, 3.05) is 6.61 Å². The van der Waals surface area contributed by atoms with Crippen LogP contribution in [0.2, 0.25) is 0 Å². The Morgan fingerprint density at radius 2 is 2.07 bits per heavy atom. The Morgan fingerprint density at radius 1 is 1.29 bits per heavy atom. The second-order valence-corrected chi connectivity index (χ2v) is 6.28. The number of nitrogens with zero attached hydrogens (tertiary/aromatic N) is 2. The van der Waals surface area contributed by atoms with Crippen LogP contribution in [0.4, 0.5) is 5.69 Å². The molecule has 0 bridgehead atoms. The Morgan fingerprint density at radius 3 is 2.82 bits per heavy atom. The van der Waals surface area contributed by atoms with E-state index >= 15 is 0 Å². The maximum atomic E-state index is 12.2. The third-order valence-electron chi connectivity index (χ3n) is 3.80. The molecule has 0 radical (unpaired) electrons. The monoisotopic (exact) mass is 399 g/mol. The van der Waals surface area contributed by atoms with E-state index in [1.807, 2.05) is 6.92 Å². The van der Waals surface area contributed by atoms with Crippen molar-refractivity contribution in [1.29, 1.82) is 0 Å². The summed E-state index contributed by atoms with van der Waals surface area (Å²) >= 11 is 5.02. The van der Waals surface area contributed by atoms with Crippen molar-refractivity contribution in [3.8, 4) is 5.75 Å². The lowest BCUT2D eigenvalue weighted by Crippen LogP contribution is -2.17. The Kier molecular flexibility index (Phi) is 5.80. The molecule has 0 aliphatic rings. The molecule has 28 heavy (non-hydrogen) atoms. The molecule has 0 unspecified atom stereocenters. The van der Waals surface area contributed by atoms with Crippen LogP contribution in [0.15, 0.2) is 41.5 Å². The van der Waals surface area contributed by atoms with Gasteiger partial charge in [0, 0.05) is 17.2 Å². The van der Waals surface area contributed by atoms with Crippen LogP contribution >= 0.6 is 12.2 Å². The van der Waals surface area contributed by atoms with Gasteiger partial charge in [-0.1, -0.05) is 6.92 Å². The lowest BCUT2D eigenvalue weighted by Gasteiger charge is -2.05. The van der Waals surface area contributed by atoms with Crippen LogP contribution in [-0.4, -0.2) is 33.6 Å². The Labute approximate surface area is 164 Å². The summed E-state index contributed by atoms with van der Waals surface area (Å²) in [7, 11) is 0. The van der Waals surface area contributed by atoms with Crippen molar-refractivity contribution in [2.24, 2.45) is 5.10 Å². The number of hydrogen-bond donors (Lipinski definition) is 3. The third-order valence-corrected chi connectivity index (χ3v) is 4.00. The largest absolute Gasteiger partial charge is 0.487 e. The van der Waals surface area contributed by atoms with Crippen LogP contribution in [-0.2, 0) is 0 Å². The molecule has 144 valence electrons. The molecule has 3 rings (SSSR count). The summed E-state index contributed by atoms with van der Waals surface area (Å²) in [5.41, 5.74) is 4.59. The van der Waals surface area contributed by atoms with E-state index in [-0.39, 0.29) is 11.4 Å². The van der Waals surface area contributed by atoms with Gasteiger partial charge < -0.3 is 14.7 Å². The average Bonchev–Trinajstić information content (AvgIpc) is 3.05. The molecule has 3 N–H and O–H groups in total. The van der Waals surface area contributed by atoms with E-state index in [9.17, 15) is 14.9 Å². The maximum Gasteiger partial charge on any atom is 0.311 e. The molecule has 0 fully saturated rings. The molecular formula is C18H17N5O4S. The highest BCUT2D eigenvalue weighted by Crippen LogP contribution is 2.27. The van der Waals surface area contributed by atoms with Crippen molar-refractivity contribution in [3.63, 3.8) is 0 Å². The van der Waals surface area contributed by atoms with Crippen LogP contribution in [0.1, 0.15) is 29.3 Å². The zero-order valence-electron chi connectivity index (χ0n) is 14.9. The van der Waals surface area contributed by atoms with Gasteiger partial charge in [0.1, 0.15) is 0 Å². The van der Waals surface area contributed by atoms with Crippen LogP contribution in [0, 0.1) is 14.9 Å². The third kappa shape index (κ3) is 4.41. The number of rotatable bonds is 7. The van der Waals surface area contributed by atoms with Gasteiger partial charge in [0.05, 0.1) is 28.8 Å². The summed E-state index contributed by atoms with van der Waals surface area (Å²) in [5, 5.41) is 15.1. The number of hydrazone groups is 1. The molecule has 1 heterocycles. The molecule has 0 aliphatic carbocycles. The topological polar surface area (TPSA) is 125 Å². The Hall–Kier alpha value is -3.53. The lowest BCUT2D eigenvalue weighted by molar-refractivity contribution is -0.385. The Bertz CT molecular complexity index is 1120. The highest BCUT2D eigenvalue weighted by Gasteiger charge is 2.15. The first kappa shape index (κ1) is 19.2. The van der Waals surface area contributed by atoms with Gasteiger partial charge in [0.25, 0.3) is 5.91 Å². The Balaban J connectivity index is 1.72. The summed E-state index contributed by atoms with van der Waals surface area (Å²) in [6, 6.07) is 9.50. The first-order chi connectivity index (χ1) is 13.5. The van der Waals surface area contributed by atoms with Crippen LogP contribution < -0.4 is 10.2 Å². The molecule has 0 aliphatic heterocycles. The minimum atomic E-state index is -0.517. The fourth-order valence-corrected chi connectivity index (χ4v) is 2.72. The average molecular weight is 399 g/mol. The number of hydrogen-bond acceptors (Lipinski definition) is 6. The molecule has 1 amide bonds. The fourth-order valence-electron chi connectivity index (χ4n) is 2.50. The molecular weight excluding hydrogens is 382 g/mol. The molecule has 3 aromatic rings. The van der Waals surface area contributed by atoms with Crippen LogP contribution in [0.3, 0.4) is 0 Å². The van der Waals surface area contributed by atoms with E-state index in [2.05, 4.69) is 20.5 Å². The summed E-state index contributed by atoms with van der Waals surface area (Å²) in [6.07, 6.45) is 2.07. The number of nitrogens with one attached hydrogen (secondary N) is 3. The number of carbonyl (C=O) groups is 1. The lowest BCUT2D eigenvalue weighted by atomic mass is 10.2. The van der Waals surface area contributed by atoms with Gasteiger partial charge in [-0.3, -0.25) is 14.9 Å². The van der Waals surface area contributed by atoms with Gasteiger partial charge in [0.2, 0.25) is 0 Å². The van der Waals surface area contributed by atoms with Gasteiger partial charge >= 0.3 is 5.69 Å². The predicted octanol–water partition coefficient (Wildman–Crippen LogP) is 3.69. The molecule has 9 nitrogen and oxygen atoms in total. The van der Waals surface area contributed by atoms with Crippen molar-refractivity contribution < 1.29 is 14.5 Å². The molecule has 1 aromatic heterocycles. The summed E-state index contributed by atoms with van der Waals surface area (Å²) in [4.78, 5) is 28.8. The van der Waals surface area contributed by atoms with Crippen molar-refractivity contribution >= 4 is 41.1 Å². The number of carbonyl (C=O) groups excluding carboxylic acids is 1. The van der Waals surface area contributed by atoms with E-state index in [4.69, 9.17) is 17.0 Å². The number of benzene rings is 2. The number of nitro groups is 1. The first-order valence-corrected chi connectivity index (χ1v) is 8.85. The minimum absolute atomic E-state index is 0.156. The van der Waals surface area contributed by atoms with E-state index < -0.39 is 10.8 Å². The fraction of sp³-hybridized carbons (Fsp3) is 0.167. The molecule has 0 spiro atoms. The van der Waals surface area contributed by atoms with Gasteiger partial charge in [-0.25, -0.2) is 5.43 Å². The number of ether oxygens (including phenoxy) is 1. The number of imidazole rings is 1. The van der Waals surface area contributed by atoms with Crippen LogP contribution in [0.5, 0.6) is 5.75 Å². The van der Waals surface area contributed by atoms with Gasteiger partial charge in [-0.15, -0.1) is 0 Å². The molecule has 0 saturated carbocycles. The maximum absolute atomic E-state index is 12.2. The predicted molar refractivity (Wildman–Crippen MR) is 107 cm³/mol. The highest BCUT2D eigenvalue weighted by molar-refractivity contribution is 7.71. The summed E-state index contributed by atoms with van der Waals surface area (Å²) in [6.45, 7) is 2.30. The van der Waals surface area contributed by atoms with Gasteiger partial charge in [-0.2, -0.15) is 5.10 Å². The van der Waals surface area contributed by atoms with Crippen molar-refractivity contribution in [2.45, 2.75) is 13.3 Å². The number of amides is 1. The summed E-state index contributed by atoms with van der Waals surface area (Å²) < 4.78 is 5.84. The zero-order valence-corrected chi connectivity index (χ0v) is 15.7. The van der Waals surface area contributed by atoms with E-state index in [1.54, 1.807) is 24.3 Å². The SMILES string of the molecule is CCCOc1ccc(/C=N\NC(=O)c2ccc3[nH]c(=S)[nH]c3c2)cc1[N+](=O)[O-]. The van der Waals surface area contributed by atoms with Gasteiger partial charge in [-0.05, 0) is 49.0 Å². The molecule has 0 atom stereocenters. The van der Waals surface area contributed by atoms with E-state index in [1.165, 1.54) is 18.3 Å². The molecule has 2 aromatic carbocycles. The number of aromatic nitrogens is 2. The summed E-state index contributed by atoms with van der Waals surface area (Å²) in [5.74, 6) is -0.221. The van der Waals surface area contributed by atoms with E-state index in [0.717, 1.165) is 11.9 Å².